The summed E-state index contributed by atoms with van der Waals surface area (Å²) >= 11 is 0. The van der Waals surface area contributed by atoms with Gasteiger partial charge in [-0.1, -0.05) is 0 Å². The second kappa shape index (κ2) is 4.53. The molecule has 0 radical (unpaired) electrons. The summed E-state index contributed by atoms with van der Waals surface area (Å²) in [4.78, 5) is 15.3. The SMILES string of the molecule is Cc1ccn([C@@H]2O[C@H](CO)[C@H](O)C2O)c(=O)n1. The van der Waals surface area contributed by atoms with Crippen LogP contribution >= 0.6 is 0 Å². The summed E-state index contributed by atoms with van der Waals surface area (Å²) in [6.07, 6.45) is -2.98. The van der Waals surface area contributed by atoms with Crippen LogP contribution in [0.25, 0.3) is 0 Å². The number of aryl methyl sites for hydroxylation is 1. The molecule has 0 aromatic carbocycles. The molecule has 2 heterocycles. The Morgan fingerprint density at radius 3 is 2.71 bits per heavy atom. The molecule has 1 unspecified atom stereocenters. The second-order valence-electron chi connectivity index (χ2n) is 3.99. The average molecular weight is 242 g/mol. The van der Waals surface area contributed by atoms with Crippen molar-refractivity contribution in [2.24, 2.45) is 0 Å². The van der Waals surface area contributed by atoms with Crippen molar-refractivity contribution in [3.63, 3.8) is 0 Å². The van der Waals surface area contributed by atoms with Gasteiger partial charge in [-0.15, -0.1) is 0 Å². The molecule has 1 aliphatic rings. The summed E-state index contributed by atoms with van der Waals surface area (Å²) in [5, 5.41) is 28.2. The van der Waals surface area contributed by atoms with Crippen LogP contribution in [0.1, 0.15) is 11.9 Å². The van der Waals surface area contributed by atoms with Gasteiger partial charge in [0.15, 0.2) is 6.23 Å². The third kappa shape index (κ3) is 2.09. The Kier molecular flexibility index (Phi) is 3.25. The number of aliphatic hydroxyl groups is 3. The second-order valence-corrected chi connectivity index (χ2v) is 3.99. The number of aliphatic hydroxyl groups excluding tert-OH is 3. The molecule has 7 heteroatoms. The summed E-state index contributed by atoms with van der Waals surface area (Å²) in [6, 6.07) is 1.59. The molecule has 0 amide bonds. The highest BCUT2D eigenvalue weighted by Gasteiger charge is 2.43. The summed E-state index contributed by atoms with van der Waals surface area (Å²) in [5.41, 5.74) is -0.0159. The molecule has 94 valence electrons. The minimum Gasteiger partial charge on any atom is -0.394 e. The molecule has 3 N–H and O–H groups in total. The van der Waals surface area contributed by atoms with Gasteiger partial charge in [0.2, 0.25) is 0 Å². The highest BCUT2D eigenvalue weighted by molar-refractivity contribution is 4.98. The topological polar surface area (TPSA) is 105 Å². The predicted octanol–water partition coefficient (Wildman–Crippen LogP) is -1.84. The first-order valence-electron chi connectivity index (χ1n) is 5.23. The Balaban J connectivity index is 2.32. The van der Waals surface area contributed by atoms with Gasteiger partial charge >= 0.3 is 5.69 Å². The Morgan fingerprint density at radius 1 is 1.47 bits per heavy atom. The zero-order valence-corrected chi connectivity index (χ0v) is 9.22. The molecule has 0 aliphatic carbocycles. The number of aromatic nitrogens is 2. The lowest BCUT2D eigenvalue weighted by Gasteiger charge is -2.16. The van der Waals surface area contributed by atoms with Crippen molar-refractivity contribution in [3.8, 4) is 0 Å². The number of hydrogen-bond donors (Lipinski definition) is 3. The zero-order chi connectivity index (χ0) is 12.6. The molecule has 2 rings (SSSR count). The molecule has 0 bridgehead atoms. The molecule has 17 heavy (non-hydrogen) atoms. The van der Waals surface area contributed by atoms with E-state index >= 15 is 0 Å². The fourth-order valence-corrected chi connectivity index (χ4v) is 1.80. The van der Waals surface area contributed by atoms with Crippen LogP contribution in [0.2, 0.25) is 0 Å². The Morgan fingerprint density at radius 2 is 2.18 bits per heavy atom. The van der Waals surface area contributed by atoms with Crippen LogP contribution in [0.3, 0.4) is 0 Å². The fourth-order valence-electron chi connectivity index (χ4n) is 1.80. The van der Waals surface area contributed by atoms with Crippen LogP contribution in [-0.2, 0) is 4.74 Å². The normalized spacial score (nSPS) is 32.9. The van der Waals surface area contributed by atoms with Crippen molar-refractivity contribution in [2.75, 3.05) is 6.61 Å². The van der Waals surface area contributed by atoms with E-state index in [0.717, 1.165) is 4.57 Å². The van der Waals surface area contributed by atoms with Crippen LogP contribution < -0.4 is 5.69 Å². The molecule has 1 aliphatic heterocycles. The van der Waals surface area contributed by atoms with Crippen LogP contribution in [-0.4, -0.2) is 49.8 Å². The van der Waals surface area contributed by atoms with Gasteiger partial charge in [0.05, 0.1) is 6.61 Å². The average Bonchev–Trinajstić information content (AvgIpc) is 2.57. The molecule has 1 aromatic heterocycles. The maximum Gasteiger partial charge on any atom is 0.349 e. The van der Waals surface area contributed by atoms with E-state index in [1.807, 2.05) is 0 Å². The molecule has 0 spiro atoms. The first kappa shape index (κ1) is 12.2. The van der Waals surface area contributed by atoms with Crippen molar-refractivity contribution < 1.29 is 20.1 Å². The Labute approximate surface area is 96.9 Å². The summed E-state index contributed by atoms with van der Waals surface area (Å²) < 4.78 is 6.31. The van der Waals surface area contributed by atoms with Crippen molar-refractivity contribution in [3.05, 3.63) is 28.4 Å². The summed E-state index contributed by atoms with van der Waals surface area (Å²) in [7, 11) is 0. The smallest absolute Gasteiger partial charge is 0.349 e. The lowest BCUT2D eigenvalue weighted by atomic mass is 10.1. The highest BCUT2D eigenvalue weighted by Crippen LogP contribution is 2.27. The van der Waals surface area contributed by atoms with Gasteiger partial charge in [-0.05, 0) is 13.0 Å². The van der Waals surface area contributed by atoms with E-state index in [1.54, 1.807) is 13.0 Å². The molecular formula is C10H14N2O5. The molecule has 1 fully saturated rings. The molecular weight excluding hydrogens is 228 g/mol. The van der Waals surface area contributed by atoms with Crippen molar-refractivity contribution in [1.82, 2.24) is 9.55 Å². The van der Waals surface area contributed by atoms with Crippen molar-refractivity contribution >= 4 is 0 Å². The van der Waals surface area contributed by atoms with Gasteiger partial charge in [0.25, 0.3) is 0 Å². The third-order valence-electron chi connectivity index (χ3n) is 2.76. The van der Waals surface area contributed by atoms with E-state index < -0.39 is 36.8 Å². The van der Waals surface area contributed by atoms with Gasteiger partial charge in [-0.2, -0.15) is 4.98 Å². The number of rotatable bonds is 2. The van der Waals surface area contributed by atoms with Crippen LogP contribution in [0.15, 0.2) is 17.1 Å². The first-order valence-corrected chi connectivity index (χ1v) is 5.23. The standard InChI is InChI=1S/C10H14N2O5/c1-5-2-3-12(10(16)11-5)9-8(15)7(14)6(4-13)17-9/h2-3,6-9,13-15H,4H2,1H3/t6-,7+,8?,9-/m1/s1. The largest absolute Gasteiger partial charge is 0.394 e. The quantitative estimate of drug-likeness (QED) is 0.563. The fraction of sp³-hybridized carbons (Fsp3) is 0.600. The van der Waals surface area contributed by atoms with Gasteiger partial charge in [-0.3, -0.25) is 4.57 Å². The molecule has 1 aromatic rings. The maximum absolute atomic E-state index is 11.6. The van der Waals surface area contributed by atoms with E-state index in [1.165, 1.54) is 6.20 Å². The zero-order valence-electron chi connectivity index (χ0n) is 9.22. The Hall–Kier alpha value is -1.28. The predicted molar refractivity (Wildman–Crippen MR) is 56.2 cm³/mol. The highest BCUT2D eigenvalue weighted by atomic mass is 16.6. The van der Waals surface area contributed by atoms with Gasteiger partial charge in [0.1, 0.15) is 18.3 Å². The van der Waals surface area contributed by atoms with Crippen molar-refractivity contribution in [1.29, 1.82) is 0 Å². The van der Waals surface area contributed by atoms with Crippen LogP contribution in [0, 0.1) is 6.92 Å². The molecule has 1 saturated heterocycles. The maximum atomic E-state index is 11.6. The molecule has 4 atom stereocenters. The summed E-state index contributed by atoms with van der Waals surface area (Å²) in [6.45, 7) is 1.24. The third-order valence-corrected chi connectivity index (χ3v) is 2.76. The van der Waals surface area contributed by atoms with E-state index in [2.05, 4.69) is 4.98 Å². The number of nitrogens with zero attached hydrogens (tertiary/aromatic N) is 2. The van der Waals surface area contributed by atoms with E-state index in [9.17, 15) is 15.0 Å². The minimum atomic E-state index is -1.27. The first-order chi connectivity index (χ1) is 8.04. The van der Waals surface area contributed by atoms with Gasteiger partial charge < -0.3 is 20.1 Å². The molecule has 7 nitrogen and oxygen atoms in total. The van der Waals surface area contributed by atoms with Gasteiger partial charge in [0, 0.05) is 11.9 Å². The van der Waals surface area contributed by atoms with Crippen molar-refractivity contribution in [2.45, 2.75) is 31.5 Å². The van der Waals surface area contributed by atoms with E-state index in [0.29, 0.717) is 5.69 Å². The van der Waals surface area contributed by atoms with Gasteiger partial charge in [-0.25, -0.2) is 4.79 Å². The Bertz CT molecular complexity index is 460. The minimum absolute atomic E-state index is 0.428. The van der Waals surface area contributed by atoms with Crippen LogP contribution in [0.4, 0.5) is 0 Å². The van der Waals surface area contributed by atoms with E-state index in [-0.39, 0.29) is 0 Å². The summed E-state index contributed by atoms with van der Waals surface area (Å²) in [5.74, 6) is 0. The lowest BCUT2D eigenvalue weighted by molar-refractivity contribution is -0.0550. The monoisotopic (exact) mass is 242 g/mol. The van der Waals surface area contributed by atoms with E-state index in [4.69, 9.17) is 9.84 Å². The number of ether oxygens (including phenoxy) is 1. The lowest BCUT2D eigenvalue weighted by Crippen LogP contribution is -2.36. The van der Waals surface area contributed by atoms with Crippen LogP contribution in [0.5, 0.6) is 0 Å². The number of hydrogen-bond acceptors (Lipinski definition) is 6. The molecule has 0 saturated carbocycles.